The molecule has 0 bridgehead atoms. The molecular formula is C18H21N3O5. The van der Waals surface area contributed by atoms with Gasteiger partial charge in [-0.05, 0) is 32.4 Å². The summed E-state index contributed by atoms with van der Waals surface area (Å²) in [6.45, 7) is 4.65. The molecule has 8 nitrogen and oxygen atoms in total. The maximum Gasteiger partial charge on any atom is 0.259 e. The summed E-state index contributed by atoms with van der Waals surface area (Å²) in [4.78, 5) is 27.4. The van der Waals surface area contributed by atoms with Gasteiger partial charge in [0, 0.05) is 13.2 Å². The quantitative estimate of drug-likeness (QED) is 0.887. The van der Waals surface area contributed by atoms with Crippen LogP contribution in [0.15, 0.2) is 27.3 Å². The van der Waals surface area contributed by atoms with Crippen LogP contribution < -0.4 is 5.32 Å². The highest BCUT2D eigenvalue weighted by Gasteiger charge is 2.51. The Morgan fingerprint density at radius 2 is 2.23 bits per heavy atom. The molecule has 26 heavy (non-hydrogen) atoms. The third-order valence-corrected chi connectivity index (χ3v) is 5.16. The number of carbonyl (C=O) groups is 2. The van der Waals surface area contributed by atoms with Gasteiger partial charge in [-0.2, -0.15) is 0 Å². The number of hydrogen-bond acceptors (Lipinski definition) is 6. The van der Waals surface area contributed by atoms with Crippen LogP contribution >= 0.6 is 0 Å². The third kappa shape index (κ3) is 2.80. The molecule has 2 aliphatic heterocycles. The summed E-state index contributed by atoms with van der Waals surface area (Å²) >= 11 is 0. The molecule has 0 unspecified atom stereocenters. The molecule has 0 radical (unpaired) electrons. The van der Waals surface area contributed by atoms with Crippen molar-refractivity contribution in [2.75, 3.05) is 13.2 Å². The summed E-state index contributed by atoms with van der Waals surface area (Å²) in [7, 11) is 0. The summed E-state index contributed by atoms with van der Waals surface area (Å²) in [5, 5.41) is 6.74. The van der Waals surface area contributed by atoms with E-state index in [0.29, 0.717) is 42.5 Å². The van der Waals surface area contributed by atoms with E-state index in [1.54, 1.807) is 37.1 Å². The fourth-order valence-electron chi connectivity index (χ4n) is 3.88. The summed E-state index contributed by atoms with van der Waals surface area (Å²) in [5.41, 5.74) is 1.04. The van der Waals surface area contributed by atoms with E-state index in [9.17, 15) is 9.59 Å². The fourth-order valence-corrected chi connectivity index (χ4v) is 3.88. The van der Waals surface area contributed by atoms with Gasteiger partial charge in [-0.25, -0.2) is 0 Å². The molecule has 3 atom stereocenters. The van der Waals surface area contributed by atoms with Gasteiger partial charge in [-0.15, -0.1) is 0 Å². The van der Waals surface area contributed by atoms with Crippen molar-refractivity contribution in [2.24, 2.45) is 5.92 Å². The zero-order valence-electron chi connectivity index (χ0n) is 14.7. The second-order valence-corrected chi connectivity index (χ2v) is 6.75. The molecule has 2 aromatic heterocycles. The van der Waals surface area contributed by atoms with Gasteiger partial charge in [0.2, 0.25) is 5.91 Å². The van der Waals surface area contributed by atoms with Crippen LogP contribution in [-0.2, 0) is 16.1 Å². The Bertz CT molecular complexity index is 793. The number of aryl methyl sites for hydroxylation is 2. The highest BCUT2D eigenvalue weighted by molar-refractivity contribution is 5.97. The van der Waals surface area contributed by atoms with E-state index in [4.69, 9.17) is 13.7 Å². The summed E-state index contributed by atoms with van der Waals surface area (Å²) in [5.74, 6) is 0.495. The molecule has 4 heterocycles. The molecular weight excluding hydrogens is 338 g/mol. The van der Waals surface area contributed by atoms with Crippen molar-refractivity contribution < 1.29 is 23.3 Å². The standard InChI is InChI=1S/C18H21N3O5/c1-10-15(11(2)26-20-10)18(23)21-9-13(16-14(21)5-7-25-16)17(22)19-8-12-4-3-6-24-12/h3-4,6,13-14,16H,5,7-9H2,1-2H3,(H,19,22)/t13-,14-,16-/m0/s1. The Balaban J connectivity index is 1.50. The summed E-state index contributed by atoms with van der Waals surface area (Å²) < 4.78 is 16.2. The first kappa shape index (κ1) is 16.8. The van der Waals surface area contributed by atoms with Crippen LogP contribution in [0.2, 0.25) is 0 Å². The van der Waals surface area contributed by atoms with E-state index in [2.05, 4.69) is 10.5 Å². The lowest BCUT2D eigenvalue weighted by molar-refractivity contribution is -0.127. The van der Waals surface area contributed by atoms with E-state index in [0.717, 1.165) is 6.42 Å². The summed E-state index contributed by atoms with van der Waals surface area (Å²) in [6, 6.07) is 3.48. The molecule has 2 saturated heterocycles. The number of aromatic nitrogens is 1. The second-order valence-electron chi connectivity index (χ2n) is 6.75. The SMILES string of the molecule is Cc1noc(C)c1C(=O)N1C[C@H](C(=O)NCc2ccco2)[C@@H]2OCC[C@@H]21. The highest BCUT2D eigenvalue weighted by atomic mass is 16.5. The fraction of sp³-hybridized carbons (Fsp3) is 0.500. The average Bonchev–Trinajstić information content (AvgIpc) is 3.37. The van der Waals surface area contributed by atoms with Crippen molar-refractivity contribution in [3.05, 3.63) is 41.2 Å². The van der Waals surface area contributed by atoms with Crippen LogP contribution in [0.1, 0.15) is 34.0 Å². The van der Waals surface area contributed by atoms with Crippen LogP contribution in [-0.4, -0.2) is 47.2 Å². The zero-order valence-corrected chi connectivity index (χ0v) is 14.7. The first-order chi connectivity index (χ1) is 12.6. The number of nitrogens with one attached hydrogen (secondary N) is 1. The van der Waals surface area contributed by atoms with E-state index in [1.807, 2.05) is 0 Å². The number of ether oxygens (including phenoxy) is 1. The molecule has 2 amide bonds. The number of nitrogens with zero attached hydrogens (tertiary/aromatic N) is 2. The second kappa shape index (κ2) is 6.60. The van der Waals surface area contributed by atoms with E-state index in [-0.39, 0.29) is 24.0 Å². The van der Waals surface area contributed by atoms with Crippen molar-refractivity contribution in [2.45, 2.75) is 39.0 Å². The Kier molecular flexibility index (Phi) is 4.28. The Morgan fingerprint density at radius 1 is 1.38 bits per heavy atom. The lowest BCUT2D eigenvalue weighted by Crippen LogP contribution is -2.37. The van der Waals surface area contributed by atoms with Crippen LogP contribution in [0, 0.1) is 19.8 Å². The van der Waals surface area contributed by atoms with Crippen molar-refractivity contribution in [3.63, 3.8) is 0 Å². The van der Waals surface area contributed by atoms with Crippen molar-refractivity contribution in [3.8, 4) is 0 Å². The third-order valence-electron chi connectivity index (χ3n) is 5.16. The van der Waals surface area contributed by atoms with Gasteiger partial charge in [0.1, 0.15) is 17.1 Å². The molecule has 2 fully saturated rings. The first-order valence-electron chi connectivity index (χ1n) is 8.72. The van der Waals surface area contributed by atoms with Crippen LogP contribution in [0.25, 0.3) is 0 Å². The number of carbonyl (C=O) groups excluding carboxylic acids is 2. The molecule has 1 N–H and O–H groups in total. The number of hydrogen-bond donors (Lipinski definition) is 1. The molecule has 0 saturated carbocycles. The van der Waals surface area contributed by atoms with E-state index >= 15 is 0 Å². The zero-order chi connectivity index (χ0) is 18.3. The van der Waals surface area contributed by atoms with Crippen molar-refractivity contribution in [1.82, 2.24) is 15.4 Å². The highest BCUT2D eigenvalue weighted by Crippen LogP contribution is 2.35. The average molecular weight is 359 g/mol. The van der Waals surface area contributed by atoms with Gasteiger partial charge in [0.15, 0.2) is 0 Å². The molecule has 0 spiro atoms. The van der Waals surface area contributed by atoms with Gasteiger partial charge < -0.3 is 23.9 Å². The Hall–Kier alpha value is -2.61. The number of fused-ring (bicyclic) bond motifs is 1. The largest absolute Gasteiger partial charge is 0.467 e. The number of furan rings is 1. The predicted octanol–water partition coefficient (Wildman–Crippen LogP) is 1.43. The maximum atomic E-state index is 13.0. The number of amides is 2. The van der Waals surface area contributed by atoms with Crippen molar-refractivity contribution in [1.29, 1.82) is 0 Å². The normalized spacial score (nSPS) is 24.7. The monoisotopic (exact) mass is 359 g/mol. The van der Waals surface area contributed by atoms with Gasteiger partial charge in [0.05, 0.1) is 36.6 Å². The van der Waals surface area contributed by atoms with Crippen LogP contribution in [0.3, 0.4) is 0 Å². The maximum absolute atomic E-state index is 13.0. The van der Waals surface area contributed by atoms with Gasteiger partial charge in [0.25, 0.3) is 5.91 Å². The van der Waals surface area contributed by atoms with Crippen LogP contribution in [0.4, 0.5) is 0 Å². The summed E-state index contributed by atoms with van der Waals surface area (Å²) in [6.07, 6.45) is 2.01. The van der Waals surface area contributed by atoms with Gasteiger partial charge >= 0.3 is 0 Å². The molecule has 8 heteroatoms. The predicted molar refractivity (Wildman–Crippen MR) is 89.2 cm³/mol. The van der Waals surface area contributed by atoms with Crippen molar-refractivity contribution >= 4 is 11.8 Å². The first-order valence-corrected chi connectivity index (χ1v) is 8.72. The molecule has 4 rings (SSSR count). The molecule has 0 aromatic carbocycles. The van der Waals surface area contributed by atoms with Crippen LogP contribution in [0.5, 0.6) is 0 Å². The topological polar surface area (TPSA) is 97.8 Å². The minimum atomic E-state index is -0.401. The molecule has 2 aromatic rings. The van der Waals surface area contributed by atoms with E-state index < -0.39 is 5.92 Å². The minimum absolute atomic E-state index is 0.101. The Labute approximate surface area is 150 Å². The smallest absolute Gasteiger partial charge is 0.259 e. The lowest BCUT2D eigenvalue weighted by Gasteiger charge is -2.22. The lowest BCUT2D eigenvalue weighted by atomic mass is 10.0. The minimum Gasteiger partial charge on any atom is -0.467 e. The molecule has 2 aliphatic rings. The Morgan fingerprint density at radius 3 is 2.92 bits per heavy atom. The van der Waals surface area contributed by atoms with Gasteiger partial charge in [-0.1, -0.05) is 5.16 Å². The van der Waals surface area contributed by atoms with Gasteiger partial charge in [-0.3, -0.25) is 9.59 Å². The number of likely N-dealkylation sites (tertiary alicyclic amines) is 1. The molecule has 138 valence electrons. The number of rotatable bonds is 4. The molecule has 0 aliphatic carbocycles. The van der Waals surface area contributed by atoms with E-state index in [1.165, 1.54) is 0 Å².